The number of carboxylic acid groups (broad SMARTS) is 1. The number of benzene rings is 2. The van der Waals surface area contributed by atoms with E-state index in [1.54, 1.807) is 0 Å². The molecule has 0 unspecified atom stereocenters. The van der Waals surface area contributed by atoms with E-state index in [9.17, 15) is 19.5 Å². The molecule has 7 heteroatoms. The Morgan fingerprint density at radius 1 is 1.00 bits per heavy atom. The van der Waals surface area contributed by atoms with E-state index in [0.29, 0.717) is 32.2 Å². The highest BCUT2D eigenvalue weighted by Crippen LogP contribution is 2.44. The van der Waals surface area contributed by atoms with Crippen LogP contribution in [0.4, 0.5) is 4.79 Å². The first kappa shape index (κ1) is 20.5. The lowest BCUT2D eigenvalue weighted by Crippen LogP contribution is -2.64. The van der Waals surface area contributed by atoms with Gasteiger partial charge in [0.05, 0.1) is 0 Å². The van der Waals surface area contributed by atoms with Crippen LogP contribution in [0, 0.1) is 0 Å². The molecule has 2 aromatic rings. The standard InChI is InChI=1S/C25H26N2O5/c28-22(29)21-11-5-14-27(21)23(30)25(12-6-13-25)26-24(31)32-15-20-18-9-3-1-7-16(18)17-8-2-4-10-19(17)20/h1-4,7-10,20-21H,5-6,11-15H2,(H,26,31)(H,28,29)/t21-/m1/s1. The highest BCUT2D eigenvalue weighted by atomic mass is 16.5. The number of nitrogens with one attached hydrogen (secondary N) is 1. The van der Waals surface area contributed by atoms with Gasteiger partial charge < -0.3 is 20.1 Å². The molecule has 1 saturated carbocycles. The molecule has 0 aromatic heterocycles. The van der Waals surface area contributed by atoms with Gasteiger partial charge in [0.15, 0.2) is 0 Å². The molecule has 1 saturated heterocycles. The summed E-state index contributed by atoms with van der Waals surface area (Å²) in [6.45, 7) is 0.579. The number of hydrogen-bond acceptors (Lipinski definition) is 4. The molecule has 2 aliphatic carbocycles. The summed E-state index contributed by atoms with van der Waals surface area (Å²) >= 11 is 0. The molecule has 0 radical (unpaired) electrons. The number of carbonyl (C=O) groups is 3. The minimum absolute atomic E-state index is 0.0591. The Balaban J connectivity index is 1.28. The van der Waals surface area contributed by atoms with Crippen LogP contribution in [0.2, 0.25) is 0 Å². The van der Waals surface area contributed by atoms with Crippen molar-refractivity contribution in [3.8, 4) is 11.1 Å². The van der Waals surface area contributed by atoms with Gasteiger partial charge in [0.25, 0.3) is 0 Å². The van der Waals surface area contributed by atoms with Crippen LogP contribution in [0.15, 0.2) is 48.5 Å². The summed E-state index contributed by atoms with van der Waals surface area (Å²) < 4.78 is 5.62. The number of carbonyl (C=O) groups excluding carboxylic acids is 2. The molecule has 7 nitrogen and oxygen atoms in total. The van der Waals surface area contributed by atoms with E-state index < -0.39 is 23.6 Å². The van der Waals surface area contributed by atoms with Crippen molar-refractivity contribution in [2.75, 3.05) is 13.2 Å². The third kappa shape index (κ3) is 3.32. The van der Waals surface area contributed by atoms with E-state index in [2.05, 4.69) is 29.6 Å². The molecular weight excluding hydrogens is 408 g/mol. The molecule has 2 N–H and O–H groups in total. The Bertz CT molecular complexity index is 1030. The predicted octanol–water partition coefficient (Wildman–Crippen LogP) is 3.52. The number of ether oxygens (including phenoxy) is 1. The Morgan fingerprint density at radius 2 is 1.62 bits per heavy atom. The molecule has 5 rings (SSSR count). The van der Waals surface area contributed by atoms with Gasteiger partial charge in [-0.05, 0) is 54.4 Å². The summed E-state index contributed by atoms with van der Waals surface area (Å²) in [5, 5.41) is 12.2. The van der Waals surface area contributed by atoms with E-state index in [1.807, 2.05) is 24.3 Å². The quantitative estimate of drug-likeness (QED) is 0.751. The summed E-state index contributed by atoms with van der Waals surface area (Å²) in [6, 6.07) is 15.4. The fourth-order valence-corrected chi connectivity index (χ4v) is 5.29. The Morgan fingerprint density at radius 3 is 2.19 bits per heavy atom. The van der Waals surface area contributed by atoms with E-state index in [1.165, 1.54) is 4.90 Å². The number of aliphatic carboxylic acids is 1. The van der Waals surface area contributed by atoms with Crippen LogP contribution >= 0.6 is 0 Å². The smallest absolute Gasteiger partial charge is 0.408 e. The second kappa shape index (κ2) is 7.97. The maximum atomic E-state index is 13.2. The maximum absolute atomic E-state index is 13.2. The topological polar surface area (TPSA) is 95.9 Å². The van der Waals surface area contributed by atoms with Gasteiger partial charge in [-0.2, -0.15) is 0 Å². The highest BCUT2D eigenvalue weighted by molar-refractivity contribution is 5.94. The lowest BCUT2D eigenvalue weighted by Gasteiger charge is -2.43. The van der Waals surface area contributed by atoms with E-state index in [0.717, 1.165) is 28.7 Å². The molecular formula is C25H26N2O5. The summed E-state index contributed by atoms with van der Waals surface area (Å²) in [4.78, 5) is 38.9. The molecule has 0 bridgehead atoms. The lowest BCUT2D eigenvalue weighted by atomic mass is 9.75. The van der Waals surface area contributed by atoms with E-state index in [4.69, 9.17) is 4.74 Å². The van der Waals surface area contributed by atoms with Gasteiger partial charge in [0, 0.05) is 12.5 Å². The van der Waals surface area contributed by atoms with Crippen LogP contribution in [0.5, 0.6) is 0 Å². The Hall–Kier alpha value is -3.35. The number of fused-ring (bicyclic) bond motifs is 3. The van der Waals surface area contributed by atoms with Crippen molar-refractivity contribution in [1.82, 2.24) is 10.2 Å². The number of alkyl carbamates (subject to hydrolysis) is 1. The van der Waals surface area contributed by atoms with E-state index >= 15 is 0 Å². The van der Waals surface area contributed by atoms with Crippen LogP contribution < -0.4 is 5.32 Å². The highest BCUT2D eigenvalue weighted by Gasteiger charge is 2.51. The van der Waals surface area contributed by atoms with Crippen LogP contribution in [-0.4, -0.2) is 52.7 Å². The number of nitrogens with zero attached hydrogens (tertiary/aromatic N) is 1. The first-order valence-electron chi connectivity index (χ1n) is 11.2. The lowest BCUT2D eigenvalue weighted by molar-refractivity contribution is -0.152. The van der Waals surface area contributed by atoms with Crippen molar-refractivity contribution in [2.24, 2.45) is 0 Å². The zero-order chi connectivity index (χ0) is 22.3. The van der Waals surface area contributed by atoms with Gasteiger partial charge in [0.1, 0.15) is 18.2 Å². The van der Waals surface area contributed by atoms with Gasteiger partial charge in [-0.15, -0.1) is 0 Å². The number of carboxylic acids is 1. The van der Waals surface area contributed by atoms with Gasteiger partial charge in [-0.1, -0.05) is 48.5 Å². The molecule has 1 atom stereocenters. The summed E-state index contributed by atoms with van der Waals surface area (Å²) in [6.07, 6.45) is 2.27. The zero-order valence-corrected chi connectivity index (χ0v) is 17.8. The minimum Gasteiger partial charge on any atom is -0.480 e. The van der Waals surface area contributed by atoms with Crippen molar-refractivity contribution in [3.05, 3.63) is 59.7 Å². The fraction of sp³-hybridized carbons (Fsp3) is 0.400. The first-order valence-corrected chi connectivity index (χ1v) is 11.2. The molecule has 3 aliphatic rings. The van der Waals surface area contributed by atoms with Crippen LogP contribution in [-0.2, 0) is 14.3 Å². The van der Waals surface area contributed by atoms with Crippen molar-refractivity contribution < 1.29 is 24.2 Å². The van der Waals surface area contributed by atoms with Crippen molar-refractivity contribution in [3.63, 3.8) is 0 Å². The van der Waals surface area contributed by atoms with Gasteiger partial charge >= 0.3 is 12.1 Å². The van der Waals surface area contributed by atoms with Gasteiger partial charge in [0.2, 0.25) is 5.91 Å². The van der Waals surface area contributed by atoms with E-state index in [-0.39, 0.29) is 18.4 Å². The second-order valence-corrected chi connectivity index (χ2v) is 8.88. The summed E-state index contributed by atoms with van der Waals surface area (Å²) in [5.41, 5.74) is 3.49. The average Bonchev–Trinajstić information content (AvgIpc) is 3.38. The first-order chi connectivity index (χ1) is 15.5. The van der Waals surface area contributed by atoms with Crippen LogP contribution in [0.3, 0.4) is 0 Å². The van der Waals surface area contributed by atoms with Crippen LogP contribution in [0.1, 0.15) is 49.1 Å². The fourth-order valence-electron chi connectivity index (χ4n) is 5.29. The number of hydrogen-bond donors (Lipinski definition) is 2. The molecule has 2 fully saturated rings. The van der Waals surface area contributed by atoms with Crippen molar-refractivity contribution in [2.45, 2.75) is 49.6 Å². The largest absolute Gasteiger partial charge is 0.480 e. The third-order valence-electron chi connectivity index (χ3n) is 7.10. The second-order valence-electron chi connectivity index (χ2n) is 8.88. The molecule has 1 aliphatic heterocycles. The third-order valence-corrected chi connectivity index (χ3v) is 7.10. The zero-order valence-electron chi connectivity index (χ0n) is 17.8. The SMILES string of the molecule is O=C(NC1(C(=O)N2CCC[C@@H]2C(=O)O)CCC1)OCC1c2ccccc2-c2ccccc21. The number of amides is 2. The normalized spacial score (nSPS) is 20.8. The van der Waals surface area contributed by atoms with Crippen molar-refractivity contribution in [1.29, 1.82) is 0 Å². The Kier molecular flexibility index (Phi) is 5.12. The number of likely N-dealkylation sites (tertiary alicyclic amines) is 1. The molecule has 2 aromatic carbocycles. The predicted molar refractivity (Wildman–Crippen MR) is 117 cm³/mol. The average molecular weight is 434 g/mol. The molecule has 32 heavy (non-hydrogen) atoms. The molecule has 166 valence electrons. The monoisotopic (exact) mass is 434 g/mol. The van der Waals surface area contributed by atoms with Gasteiger partial charge in [-0.3, -0.25) is 4.79 Å². The summed E-state index contributed by atoms with van der Waals surface area (Å²) in [5.74, 6) is -1.36. The molecule has 0 spiro atoms. The summed E-state index contributed by atoms with van der Waals surface area (Å²) in [7, 11) is 0. The number of rotatable bonds is 5. The van der Waals surface area contributed by atoms with Crippen LogP contribution in [0.25, 0.3) is 11.1 Å². The van der Waals surface area contributed by atoms with Crippen molar-refractivity contribution >= 4 is 18.0 Å². The van der Waals surface area contributed by atoms with Gasteiger partial charge in [-0.25, -0.2) is 9.59 Å². The minimum atomic E-state index is -1.05. The maximum Gasteiger partial charge on any atom is 0.408 e. The molecule has 1 heterocycles. The molecule has 2 amide bonds. The Labute approximate surface area is 186 Å².